The van der Waals surface area contributed by atoms with Gasteiger partial charge >= 0.3 is 0 Å². The van der Waals surface area contributed by atoms with E-state index in [0.717, 1.165) is 12.1 Å². The van der Waals surface area contributed by atoms with Crippen molar-refractivity contribution in [3.8, 4) is 0 Å². The number of benzene rings is 1. The van der Waals surface area contributed by atoms with Gasteiger partial charge in [-0.2, -0.15) is 5.10 Å². The molecule has 0 saturated heterocycles. The Labute approximate surface area is 105 Å². The van der Waals surface area contributed by atoms with Crippen molar-refractivity contribution in [2.45, 2.75) is 19.9 Å². The Kier molecular flexibility index (Phi) is 3.59. The molecule has 0 fully saturated rings. The van der Waals surface area contributed by atoms with E-state index in [1.165, 1.54) is 0 Å². The third kappa shape index (κ3) is 2.94. The van der Waals surface area contributed by atoms with Gasteiger partial charge in [0, 0.05) is 29.7 Å². The second-order valence-corrected chi connectivity index (χ2v) is 4.25. The number of aryl methyl sites for hydroxylation is 1. The fourth-order valence-electron chi connectivity index (χ4n) is 1.62. The van der Waals surface area contributed by atoms with Gasteiger partial charge in [0.05, 0.1) is 6.20 Å². The molecule has 17 heavy (non-hydrogen) atoms. The minimum absolute atomic E-state index is 0.0585. The van der Waals surface area contributed by atoms with Gasteiger partial charge in [0.25, 0.3) is 0 Å². The lowest BCUT2D eigenvalue weighted by Gasteiger charge is -1.99. The molecule has 4 heteroatoms. The fourth-order valence-corrected chi connectivity index (χ4v) is 1.81. The molecular weight excluding hydrogens is 236 g/mol. The maximum atomic E-state index is 12.0. The predicted octanol–water partition coefficient (Wildman–Crippen LogP) is 2.98. The van der Waals surface area contributed by atoms with E-state index in [1.807, 2.05) is 13.1 Å². The summed E-state index contributed by atoms with van der Waals surface area (Å²) < 4.78 is 1.81. The van der Waals surface area contributed by atoms with Gasteiger partial charge in [0.1, 0.15) is 0 Å². The van der Waals surface area contributed by atoms with Crippen LogP contribution in [0.1, 0.15) is 22.8 Å². The van der Waals surface area contributed by atoms with E-state index in [0.29, 0.717) is 17.0 Å². The van der Waals surface area contributed by atoms with Crippen LogP contribution in [-0.4, -0.2) is 15.6 Å². The minimum atomic E-state index is 0.0585. The van der Waals surface area contributed by atoms with Crippen LogP contribution < -0.4 is 0 Å². The molecule has 1 aromatic heterocycles. The van der Waals surface area contributed by atoms with E-state index < -0.39 is 0 Å². The van der Waals surface area contributed by atoms with Crippen molar-refractivity contribution in [3.05, 3.63) is 52.8 Å². The lowest BCUT2D eigenvalue weighted by molar-refractivity contribution is 0.0993. The first-order valence-corrected chi connectivity index (χ1v) is 5.87. The normalized spacial score (nSPS) is 10.5. The average molecular weight is 249 g/mol. The van der Waals surface area contributed by atoms with Crippen molar-refractivity contribution in [1.29, 1.82) is 0 Å². The van der Waals surface area contributed by atoms with E-state index in [-0.39, 0.29) is 5.78 Å². The van der Waals surface area contributed by atoms with E-state index in [9.17, 15) is 4.79 Å². The van der Waals surface area contributed by atoms with E-state index in [4.69, 9.17) is 11.6 Å². The summed E-state index contributed by atoms with van der Waals surface area (Å²) in [5.41, 5.74) is 1.57. The number of ketones is 1. The third-order valence-corrected chi connectivity index (χ3v) is 2.76. The highest BCUT2D eigenvalue weighted by atomic mass is 35.5. The van der Waals surface area contributed by atoms with Crippen molar-refractivity contribution < 1.29 is 4.79 Å². The van der Waals surface area contributed by atoms with Crippen molar-refractivity contribution in [1.82, 2.24) is 9.78 Å². The van der Waals surface area contributed by atoms with Crippen molar-refractivity contribution in [2.24, 2.45) is 0 Å². The Hall–Kier alpha value is -1.61. The summed E-state index contributed by atoms with van der Waals surface area (Å²) >= 11 is 5.85. The predicted molar refractivity (Wildman–Crippen MR) is 67.4 cm³/mol. The first-order valence-electron chi connectivity index (χ1n) is 5.49. The first kappa shape index (κ1) is 11.9. The van der Waals surface area contributed by atoms with Crippen LogP contribution in [0.2, 0.25) is 5.02 Å². The molecule has 0 N–H and O–H groups in total. The molecular formula is C13H13ClN2O. The molecule has 0 bridgehead atoms. The molecule has 0 aliphatic rings. The van der Waals surface area contributed by atoms with Crippen LogP contribution in [0.3, 0.4) is 0 Å². The van der Waals surface area contributed by atoms with Crippen LogP contribution in [0.4, 0.5) is 0 Å². The zero-order valence-electron chi connectivity index (χ0n) is 9.56. The lowest BCUT2D eigenvalue weighted by atomic mass is 10.1. The molecule has 88 valence electrons. The zero-order chi connectivity index (χ0) is 12.3. The smallest absolute Gasteiger partial charge is 0.167 e. The molecule has 1 aromatic carbocycles. The Morgan fingerprint density at radius 3 is 2.94 bits per heavy atom. The summed E-state index contributed by atoms with van der Waals surface area (Å²) in [6.45, 7) is 2.82. The number of carbonyl (C=O) groups is 1. The molecule has 0 radical (unpaired) electrons. The van der Waals surface area contributed by atoms with Gasteiger partial charge in [0.2, 0.25) is 0 Å². The van der Waals surface area contributed by atoms with Crippen molar-refractivity contribution >= 4 is 17.4 Å². The molecule has 2 rings (SSSR count). The van der Waals surface area contributed by atoms with Crippen molar-refractivity contribution in [2.75, 3.05) is 0 Å². The maximum Gasteiger partial charge on any atom is 0.167 e. The number of aromatic nitrogens is 2. The van der Waals surface area contributed by atoms with Crippen LogP contribution in [0.25, 0.3) is 0 Å². The quantitative estimate of drug-likeness (QED) is 0.780. The monoisotopic (exact) mass is 248 g/mol. The number of halogens is 1. The van der Waals surface area contributed by atoms with Gasteiger partial charge in [-0.05, 0) is 24.6 Å². The summed E-state index contributed by atoms with van der Waals surface area (Å²) in [4.78, 5) is 12.0. The molecule has 2 aromatic rings. The minimum Gasteiger partial charge on any atom is -0.294 e. The number of rotatable bonds is 4. The van der Waals surface area contributed by atoms with Crippen LogP contribution >= 0.6 is 11.6 Å². The maximum absolute atomic E-state index is 12.0. The largest absolute Gasteiger partial charge is 0.294 e. The SMILES string of the molecule is CCn1cc(CC(=O)c2cccc(Cl)c2)cn1. The number of Topliss-reactive ketones (excluding diaryl/α,β-unsaturated/α-hetero) is 1. The number of hydrogen-bond acceptors (Lipinski definition) is 2. The molecule has 0 unspecified atom stereocenters. The molecule has 1 heterocycles. The zero-order valence-corrected chi connectivity index (χ0v) is 10.3. The van der Waals surface area contributed by atoms with Crippen LogP contribution in [0.15, 0.2) is 36.7 Å². The molecule has 0 saturated carbocycles. The first-order chi connectivity index (χ1) is 8.19. The van der Waals surface area contributed by atoms with Gasteiger partial charge < -0.3 is 0 Å². The molecule has 0 spiro atoms. The third-order valence-electron chi connectivity index (χ3n) is 2.52. The van der Waals surface area contributed by atoms with Gasteiger partial charge in [-0.1, -0.05) is 23.7 Å². The summed E-state index contributed by atoms with van der Waals surface area (Å²) in [6, 6.07) is 7.01. The number of hydrogen-bond donors (Lipinski definition) is 0. The number of carbonyl (C=O) groups excluding carboxylic acids is 1. The second-order valence-electron chi connectivity index (χ2n) is 3.81. The summed E-state index contributed by atoms with van der Waals surface area (Å²) in [7, 11) is 0. The van der Waals surface area contributed by atoms with Crippen molar-refractivity contribution in [3.63, 3.8) is 0 Å². The van der Waals surface area contributed by atoms with Crippen LogP contribution in [0, 0.1) is 0 Å². The van der Waals surface area contributed by atoms with Crippen LogP contribution in [-0.2, 0) is 13.0 Å². The Morgan fingerprint density at radius 2 is 2.29 bits per heavy atom. The molecule has 0 aliphatic heterocycles. The fraction of sp³-hybridized carbons (Fsp3) is 0.231. The highest BCUT2D eigenvalue weighted by Crippen LogP contribution is 2.13. The standard InChI is InChI=1S/C13H13ClN2O/c1-2-16-9-10(8-15-16)6-13(17)11-4-3-5-12(14)7-11/h3-5,7-9H,2,6H2,1H3. The number of nitrogens with zero attached hydrogens (tertiary/aromatic N) is 2. The summed E-state index contributed by atoms with van der Waals surface area (Å²) in [6.07, 6.45) is 3.98. The topological polar surface area (TPSA) is 34.9 Å². The van der Waals surface area contributed by atoms with Gasteiger partial charge in [-0.25, -0.2) is 0 Å². The van der Waals surface area contributed by atoms with E-state index in [1.54, 1.807) is 35.1 Å². The highest BCUT2D eigenvalue weighted by molar-refractivity contribution is 6.31. The van der Waals surface area contributed by atoms with Gasteiger partial charge in [0.15, 0.2) is 5.78 Å². The van der Waals surface area contributed by atoms with Gasteiger partial charge in [-0.3, -0.25) is 9.48 Å². The molecule has 0 amide bonds. The van der Waals surface area contributed by atoms with E-state index >= 15 is 0 Å². The van der Waals surface area contributed by atoms with E-state index in [2.05, 4.69) is 5.10 Å². The highest BCUT2D eigenvalue weighted by Gasteiger charge is 2.08. The summed E-state index contributed by atoms with van der Waals surface area (Å²) in [5.74, 6) is 0.0585. The Morgan fingerprint density at radius 1 is 1.47 bits per heavy atom. The van der Waals surface area contributed by atoms with Crippen LogP contribution in [0.5, 0.6) is 0 Å². The summed E-state index contributed by atoms with van der Waals surface area (Å²) in [5, 5.41) is 4.72. The molecule has 0 atom stereocenters. The Balaban J connectivity index is 2.11. The lowest BCUT2D eigenvalue weighted by Crippen LogP contribution is -2.02. The molecule has 3 nitrogen and oxygen atoms in total. The molecule has 0 aliphatic carbocycles. The Bertz CT molecular complexity index is 534. The second kappa shape index (κ2) is 5.15. The average Bonchev–Trinajstić information content (AvgIpc) is 2.77. The van der Waals surface area contributed by atoms with Gasteiger partial charge in [-0.15, -0.1) is 0 Å².